The Labute approximate surface area is 590 Å². The molecule has 1 fully saturated rings. The molecule has 5 rings (SSSR count). The number of likely N-dealkylation sites (tertiary alicyclic amines) is 1. The van der Waals surface area contributed by atoms with Gasteiger partial charge in [-0.2, -0.15) is 0 Å². The predicted molar refractivity (Wildman–Crippen MR) is 381 cm³/mol. The number of ketones is 4. The lowest BCUT2D eigenvalue weighted by Gasteiger charge is -2.41. The highest BCUT2D eigenvalue weighted by Gasteiger charge is 2.44. The van der Waals surface area contributed by atoms with Gasteiger partial charge in [0.1, 0.15) is 12.4 Å². The number of hydrogen-bond donors (Lipinski definition) is 6. The molecule has 0 bridgehead atoms. The van der Waals surface area contributed by atoms with Crippen LogP contribution in [0.3, 0.4) is 0 Å². The summed E-state index contributed by atoms with van der Waals surface area (Å²) in [7, 11) is 0.699. The van der Waals surface area contributed by atoms with Gasteiger partial charge in [-0.05, 0) is 112 Å². The van der Waals surface area contributed by atoms with Gasteiger partial charge < -0.3 is 51.4 Å². The number of alkyl carbamates (subject to hydrolysis) is 1. The molecular weight excluding hydrogens is 1300 g/mol. The van der Waals surface area contributed by atoms with Gasteiger partial charge in [-0.25, -0.2) is 27.7 Å². The molecule has 1 aliphatic rings. The van der Waals surface area contributed by atoms with Gasteiger partial charge in [0.15, 0.2) is 17.3 Å². The summed E-state index contributed by atoms with van der Waals surface area (Å²) in [5.41, 5.74) is 11.8. The van der Waals surface area contributed by atoms with Crippen LogP contribution in [0.1, 0.15) is 167 Å². The first-order valence-electron chi connectivity index (χ1n) is 34.8. The standard InChI is InChI=1S/C74H109N9O14S2/c1-13-49(6)67(64(95-11)45-66(88)83-38-23-30-60(83)68(96-12)50(7)61(84)42-54(70-77-37-39-98-70)40-51-24-16-14-17-25-51)82(10)71(90)57(48(4)5)44-65(87)74(8,9)80-73(92)97-46-53-33-31-52(32-34-53)41-62(85)58(29-22-36-78-72(76)91)79-69(89)56(47(2)3)43-63(86)59(28-20-21-35-75)81-99(93,94)55-26-18-15-19-27-55/h14-19,24-27,31-34,37,39,47-50,54,56-60,64,67-68,81H,13,20-23,28-30,35-36,38,40-46,75H2,1-12H3,(H,79,89)(H,80,92)(H3,76,78,91)/t49-,50-,54+,56-,57-,58-,59+,60-,64+,67-,68+/m0/s1. The summed E-state index contributed by atoms with van der Waals surface area (Å²) in [6.07, 6.45) is 3.36. The molecule has 546 valence electrons. The van der Waals surface area contributed by atoms with Crippen LogP contribution in [-0.4, -0.2) is 159 Å². The molecule has 8 N–H and O–H groups in total. The molecule has 0 unspecified atom stereocenters. The molecule has 3 aromatic carbocycles. The van der Waals surface area contributed by atoms with Gasteiger partial charge in [0.05, 0.1) is 58.2 Å². The second-order valence-electron chi connectivity index (χ2n) is 27.6. The van der Waals surface area contributed by atoms with E-state index < -0.39 is 99.2 Å². The first-order chi connectivity index (χ1) is 47.0. The van der Waals surface area contributed by atoms with Crippen molar-refractivity contribution < 1.29 is 65.8 Å². The van der Waals surface area contributed by atoms with Crippen LogP contribution in [0.2, 0.25) is 0 Å². The number of methoxy groups -OCH3 is 2. The number of carbonyl (C=O) groups is 9. The maximum atomic E-state index is 14.8. The van der Waals surface area contributed by atoms with Crippen LogP contribution in [0, 0.1) is 35.5 Å². The Kier molecular flexibility index (Phi) is 33.5. The van der Waals surface area contributed by atoms with Crippen molar-refractivity contribution in [2.75, 3.05) is 40.9 Å². The van der Waals surface area contributed by atoms with Gasteiger partial charge >= 0.3 is 12.1 Å². The third kappa shape index (κ3) is 25.1. The number of rotatable bonds is 44. The highest BCUT2D eigenvalue weighted by molar-refractivity contribution is 7.89. The molecule has 99 heavy (non-hydrogen) atoms. The quantitative estimate of drug-likeness (QED) is 0.0225. The van der Waals surface area contributed by atoms with Gasteiger partial charge in [0.25, 0.3) is 0 Å². The number of thiazole rings is 1. The number of unbranched alkanes of at least 4 members (excludes halogenated alkanes) is 1. The molecule has 25 heteroatoms. The van der Waals surface area contributed by atoms with Crippen LogP contribution >= 0.6 is 11.3 Å². The van der Waals surface area contributed by atoms with Crippen molar-refractivity contribution in [2.24, 2.45) is 47.0 Å². The second-order valence-corrected chi connectivity index (χ2v) is 30.2. The SMILES string of the molecule is CC[C@H](C)[C@@H]([C@@H](CC(=O)N1CCC[C@H]1[C@H](OC)[C@@H](C)C(=O)C[C@@H](Cc1ccccc1)c1nccs1)OC)N(C)C(=O)[C@@H](CC(=O)C(C)(C)NC(=O)OCc1ccc(CC(=O)[C@H](CCCNC(N)=O)NC(=O)[C@@H](CC(=O)[C@@H](CCCCN)NS(=O)(=O)c2ccccc2)C(C)C)cc1)C(C)C. The van der Waals surface area contributed by atoms with Crippen LogP contribution in [0.5, 0.6) is 0 Å². The molecule has 6 amide bonds. The maximum absolute atomic E-state index is 14.8. The Morgan fingerprint density at radius 2 is 1.39 bits per heavy atom. The van der Waals surface area contributed by atoms with E-state index in [1.54, 1.807) is 95.4 Å². The molecule has 23 nitrogen and oxygen atoms in total. The third-order valence-electron chi connectivity index (χ3n) is 19.3. The smallest absolute Gasteiger partial charge is 0.408 e. The van der Waals surface area contributed by atoms with Crippen molar-refractivity contribution in [1.82, 2.24) is 35.5 Å². The number of nitrogens with zero attached hydrogens (tertiary/aromatic N) is 3. The van der Waals surface area contributed by atoms with Crippen LogP contribution < -0.4 is 32.1 Å². The van der Waals surface area contributed by atoms with E-state index in [9.17, 15) is 51.6 Å². The summed E-state index contributed by atoms with van der Waals surface area (Å²) < 4.78 is 47.1. The molecule has 1 aliphatic heterocycles. The van der Waals surface area contributed by atoms with Crippen LogP contribution in [0.15, 0.2) is 101 Å². The summed E-state index contributed by atoms with van der Waals surface area (Å²) in [4.78, 5) is 133. The minimum absolute atomic E-state index is 0.0150. The topological polar surface area (TPSA) is 335 Å². The summed E-state index contributed by atoms with van der Waals surface area (Å²) in [6.45, 7) is 16.9. The molecular formula is C74H109N9O14S2. The number of ether oxygens (including phenoxy) is 3. The Hall–Kier alpha value is -7.29. The first kappa shape index (κ1) is 82.4. The fraction of sp³-hybridized carbons (Fsp3) is 0.595. The average molecular weight is 1410 g/mol. The Morgan fingerprint density at radius 3 is 1.98 bits per heavy atom. The Balaban J connectivity index is 1.19. The predicted octanol–water partition coefficient (Wildman–Crippen LogP) is 9.04. The zero-order valence-electron chi connectivity index (χ0n) is 60.0. The zero-order chi connectivity index (χ0) is 73.1. The van der Waals surface area contributed by atoms with Crippen molar-refractivity contribution in [2.45, 2.75) is 212 Å². The van der Waals surface area contributed by atoms with E-state index in [1.165, 1.54) is 30.6 Å². The molecule has 11 atom stereocenters. The normalized spacial score (nSPS) is 16.5. The molecule has 1 aromatic heterocycles. The van der Waals surface area contributed by atoms with E-state index in [2.05, 4.69) is 37.8 Å². The number of likely N-dealkylation sites (N-methyl/N-ethyl adjacent to an activating group) is 1. The highest BCUT2D eigenvalue weighted by Crippen LogP contribution is 2.34. The lowest BCUT2D eigenvalue weighted by atomic mass is 9.83. The van der Waals surface area contributed by atoms with Crippen molar-refractivity contribution in [3.63, 3.8) is 0 Å². The number of aromatic nitrogens is 1. The first-order valence-corrected chi connectivity index (χ1v) is 37.1. The summed E-state index contributed by atoms with van der Waals surface area (Å²) >= 11 is 1.53. The molecule has 0 radical (unpaired) electrons. The fourth-order valence-corrected chi connectivity index (χ4v) is 15.0. The second kappa shape index (κ2) is 40.2. The zero-order valence-corrected chi connectivity index (χ0v) is 61.6. The van der Waals surface area contributed by atoms with Gasteiger partial charge in [-0.15, -0.1) is 11.3 Å². The number of Topliss-reactive ketones (excluding diaryl/α,β-unsaturated/α-hetero) is 4. The number of hydrogen-bond acceptors (Lipinski definition) is 17. The number of urea groups is 1. The minimum atomic E-state index is -4.10. The number of amides is 6. The number of primary amides is 1. The molecule has 4 aromatic rings. The van der Waals surface area contributed by atoms with E-state index >= 15 is 0 Å². The summed E-state index contributed by atoms with van der Waals surface area (Å²) in [6, 6.07) is 20.5. The van der Waals surface area contributed by atoms with E-state index in [0.717, 1.165) is 17.0 Å². The number of nitrogens with one attached hydrogen (secondary N) is 4. The summed E-state index contributed by atoms with van der Waals surface area (Å²) in [5, 5.41) is 10.8. The Bertz CT molecular complexity index is 3360. The lowest BCUT2D eigenvalue weighted by Crippen LogP contribution is -2.55. The van der Waals surface area contributed by atoms with Crippen molar-refractivity contribution in [3.05, 3.63) is 118 Å². The van der Waals surface area contributed by atoms with E-state index in [0.29, 0.717) is 56.3 Å². The number of nitrogens with two attached hydrogens (primary N) is 2. The van der Waals surface area contributed by atoms with Crippen LogP contribution in [0.4, 0.5) is 9.59 Å². The molecule has 0 aliphatic carbocycles. The van der Waals surface area contributed by atoms with Crippen molar-refractivity contribution in [3.8, 4) is 0 Å². The number of sulfonamides is 1. The highest BCUT2D eigenvalue weighted by atomic mass is 32.2. The lowest BCUT2D eigenvalue weighted by molar-refractivity contribution is -0.149. The number of carbonyl (C=O) groups excluding carboxylic acids is 9. The molecule has 2 heterocycles. The van der Waals surface area contributed by atoms with E-state index in [4.69, 9.17) is 25.7 Å². The van der Waals surface area contributed by atoms with E-state index in [-0.39, 0.29) is 117 Å². The van der Waals surface area contributed by atoms with E-state index in [1.807, 2.05) is 63.1 Å². The minimum Gasteiger partial charge on any atom is -0.445 e. The number of benzene rings is 3. The van der Waals surface area contributed by atoms with Gasteiger partial charge in [0, 0.05) is 95.3 Å². The van der Waals surface area contributed by atoms with Crippen LogP contribution in [0.25, 0.3) is 0 Å². The Morgan fingerprint density at radius 1 is 0.758 bits per heavy atom. The van der Waals surface area contributed by atoms with Crippen molar-refractivity contribution in [1.29, 1.82) is 0 Å². The molecule has 0 saturated carbocycles. The van der Waals surface area contributed by atoms with Crippen molar-refractivity contribution >= 4 is 74.3 Å². The average Bonchev–Trinajstić information content (AvgIpc) is 1.80. The maximum Gasteiger partial charge on any atom is 0.408 e. The van der Waals surface area contributed by atoms with Crippen LogP contribution in [-0.2, 0) is 77.2 Å². The van der Waals surface area contributed by atoms with Gasteiger partial charge in [-0.1, -0.05) is 134 Å². The van der Waals surface area contributed by atoms with Gasteiger partial charge in [0.2, 0.25) is 27.7 Å². The fourth-order valence-electron chi connectivity index (χ4n) is 13.0. The summed E-state index contributed by atoms with van der Waals surface area (Å²) in [5.74, 6) is -5.55. The monoisotopic (exact) mass is 1410 g/mol. The largest absolute Gasteiger partial charge is 0.445 e. The molecule has 1 saturated heterocycles. The molecule has 0 spiro atoms. The van der Waals surface area contributed by atoms with Gasteiger partial charge in [-0.3, -0.25) is 33.6 Å². The third-order valence-corrected chi connectivity index (χ3v) is 21.7.